The summed E-state index contributed by atoms with van der Waals surface area (Å²) in [6.07, 6.45) is 6.95. The normalized spacial score (nSPS) is 33.3. The molecule has 19 heavy (non-hydrogen) atoms. The fourth-order valence-corrected chi connectivity index (χ4v) is 3.80. The first-order valence-electron chi connectivity index (χ1n) is 8.01. The van der Waals surface area contributed by atoms with Crippen LogP contribution in [-0.4, -0.2) is 55.4 Å². The third kappa shape index (κ3) is 4.03. The monoisotopic (exact) mass is 266 g/mol. The van der Waals surface area contributed by atoms with Gasteiger partial charge < -0.3 is 4.90 Å². The largest absolute Gasteiger partial charge is 0.308 e. The van der Waals surface area contributed by atoms with E-state index >= 15 is 0 Å². The molecule has 110 valence electrons. The predicted molar refractivity (Wildman–Crippen MR) is 79.3 cm³/mol. The van der Waals surface area contributed by atoms with Crippen LogP contribution in [0.3, 0.4) is 0 Å². The Labute approximate surface area is 118 Å². The Morgan fingerprint density at radius 2 is 2.11 bits per heavy atom. The number of carbonyl (C=O) groups is 1. The number of carbonyl (C=O) groups excluding carboxylic acids is 1. The molecule has 1 aliphatic heterocycles. The van der Waals surface area contributed by atoms with Gasteiger partial charge in [-0.1, -0.05) is 13.3 Å². The number of likely N-dealkylation sites (N-methyl/N-ethyl adjacent to an activating group) is 1. The maximum atomic E-state index is 12.1. The summed E-state index contributed by atoms with van der Waals surface area (Å²) in [5.41, 5.74) is 0. The van der Waals surface area contributed by atoms with Crippen LogP contribution in [0.4, 0.5) is 0 Å². The minimum absolute atomic E-state index is 0.321. The zero-order chi connectivity index (χ0) is 13.8. The van der Waals surface area contributed by atoms with Crippen molar-refractivity contribution in [1.82, 2.24) is 9.80 Å². The van der Waals surface area contributed by atoms with Crippen LogP contribution in [0.5, 0.6) is 0 Å². The summed E-state index contributed by atoms with van der Waals surface area (Å²) >= 11 is 0. The number of likely N-dealkylation sites (tertiary alicyclic amines) is 1. The van der Waals surface area contributed by atoms with Crippen molar-refractivity contribution in [2.24, 2.45) is 11.8 Å². The van der Waals surface area contributed by atoms with E-state index in [1.54, 1.807) is 0 Å². The van der Waals surface area contributed by atoms with Gasteiger partial charge in [-0.15, -0.1) is 0 Å². The average molecular weight is 266 g/mol. The molecule has 0 spiro atoms. The first kappa shape index (κ1) is 15.0. The molecule has 1 saturated carbocycles. The summed E-state index contributed by atoms with van der Waals surface area (Å²) < 4.78 is 0. The number of Topliss-reactive ketones (excluding diaryl/α,β-unsaturated/α-hetero) is 1. The Bertz CT molecular complexity index is 303. The molecule has 0 aromatic carbocycles. The van der Waals surface area contributed by atoms with Crippen LogP contribution >= 0.6 is 0 Å². The molecule has 3 heteroatoms. The molecule has 0 N–H and O–H groups in total. The topological polar surface area (TPSA) is 23.6 Å². The lowest BCUT2D eigenvalue weighted by molar-refractivity contribution is -0.126. The van der Waals surface area contributed by atoms with Gasteiger partial charge in [0.05, 0.1) is 0 Å². The number of nitrogens with zero attached hydrogens (tertiary/aromatic N) is 2. The Morgan fingerprint density at radius 3 is 2.79 bits per heavy atom. The third-order valence-corrected chi connectivity index (χ3v) is 4.98. The average Bonchev–Trinajstić information content (AvgIpc) is 2.78. The van der Waals surface area contributed by atoms with Crippen LogP contribution in [-0.2, 0) is 4.79 Å². The van der Waals surface area contributed by atoms with E-state index in [-0.39, 0.29) is 0 Å². The molecule has 0 aromatic rings. The molecule has 0 radical (unpaired) electrons. The van der Waals surface area contributed by atoms with Crippen LogP contribution < -0.4 is 0 Å². The SMILES string of the molecule is CCC1CCC(=O)C(CN2CCCC2CN(C)C)C1. The molecule has 0 amide bonds. The molecular formula is C16H30N2O. The highest BCUT2D eigenvalue weighted by molar-refractivity contribution is 5.82. The Balaban J connectivity index is 1.89. The summed E-state index contributed by atoms with van der Waals surface area (Å²) in [4.78, 5) is 17.0. The number of ketones is 1. The van der Waals surface area contributed by atoms with Crippen molar-refractivity contribution < 1.29 is 4.79 Å². The highest BCUT2D eigenvalue weighted by Crippen LogP contribution is 2.31. The van der Waals surface area contributed by atoms with Crippen LogP contribution in [0.25, 0.3) is 0 Å². The molecule has 3 atom stereocenters. The van der Waals surface area contributed by atoms with E-state index in [0.717, 1.165) is 38.3 Å². The highest BCUT2D eigenvalue weighted by atomic mass is 16.1. The van der Waals surface area contributed by atoms with E-state index in [4.69, 9.17) is 0 Å². The maximum Gasteiger partial charge on any atom is 0.137 e. The Morgan fingerprint density at radius 1 is 1.32 bits per heavy atom. The summed E-state index contributed by atoms with van der Waals surface area (Å²) in [7, 11) is 4.30. The van der Waals surface area contributed by atoms with Gasteiger partial charge >= 0.3 is 0 Å². The van der Waals surface area contributed by atoms with E-state index in [0.29, 0.717) is 17.7 Å². The summed E-state index contributed by atoms with van der Waals surface area (Å²) in [6, 6.07) is 0.671. The molecule has 0 bridgehead atoms. The first-order chi connectivity index (χ1) is 9.10. The molecule has 1 aliphatic carbocycles. The van der Waals surface area contributed by atoms with E-state index in [2.05, 4.69) is 30.8 Å². The highest BCUT2D eigenvalue weighted by Gasteiger charge is 2.33. The van der Waals surface area contributed by atoms with Gasteiger partial charge in [-0.25, -0.2) is 0 Å². The first-order valence-corrected chi connectivity index (χ1v) is 8.01. The smallest absolute Gasteiger partial charge is 0.137 e. The number of rotatable bonds is 5. The van der Waals surface area contributed by atoms with Gasteiger partial charge in [0.1, 0.15) is 5.78 Å². The molecule has 1 saturated heterocycles. The van der Waals surface area contributed by atoms with Crippen molar-refractivity contribution in [3.63, 3.8) is 0 Å². The molecule has 3 nitrogen and oxygen atoms in total. The lowest BCUT2D eigenvalue weighted by atomic mass is 9.79. The van der Waals surface area contributed by atoms with E-state index < -0.39 is 0 Å². The van der Waals surface area contributed by atoms with Gasteiger partial charge in [0.25, 0.3) is 0 Å². The van der Waals surface area contributed by atoms with Gasteiger partial charge in [0, 0.05) is 31.5 Å². The lowest BCUT2D eigenvalue weighted by Crippen LogP contribution is -2.42. The second kappa shape index (κ2) is 6.85. The number of hydrogen-bond donors (Lipinski definition) is 0. The van der Waals surface area contributed by atoms with Crippen molar-refractivity contribution in [2.45, 2.75) is 51.5 Å². The minimum Gasteiger partial charge on any atom is -0.308 e. The maximum absolute atomic E-state index is 12.1. The second-order valence-electron chi connectivity index (χ2n) is 6.77. The molecule has 3 unspecified atom stereocenters. The summed E-state index contributed by atoms with van der Waals surface area (Å²) in [5.74, 6) is 1.64. The molecule has 2 aliphatic rings. The van der Waals surface area contributed by atoms with Gasteiger partial charge in [-0.2, -0.15) is 0 Å². The zero-order valence-corrected chi connectivity index (χ0v) is 12.9. The quantitative estimate of drug-likeness (QED) is 0.763. The second-order valence-corrected chi connectivity index (χ2v) is 6.77. The minimum atomic E-state index is 0.321. The van der Waals surface area contributed by atoms with Crippen LogP contribution in [0, 0.1) is 11.8 Å². The van der Waals surface area contributed by atoms with Gasteiger partial charge in [0.15, 0.2) is 0 Å². The molecular weight excluding hydrogens is 236 g/mol. The van der Waals surface area contributed by atoms with E-state index in [1.165, 1.54) is 25.8 Å². The zero-order valence-electron chi connectivity index (χ0n) is 12.9. The molecule has 2 fully saturated rings. The number of hydrogen-bond acceptors (Lipinski definition) is 3. The van der Waals surface area contributed by atoms with Crippen molar-refractivity contribution in [2.75, 3.05) is 33.7 Å². The van der Waals surface area contributed by atoms with E-state index in [9.17, 15) is 4.79 Å². The van der Waals surface area contributed by atoms with Gasteiger partial charge in [-0.05, 0) is 52.2 Å². The van der Waals surface area contributed by atoms with Crippen molar-refractivity contribution >= 4 is 5.78 Å². The standard InChI is InChI=1S/C16H30N2O/c1-4-13-7-8-16(19)14(10-13)11-18-9-5-6-15(18)12-17(2)3/h13-15H,4-12H2,1-3H3. The van der Waals surface area contributed by atoms with Crippen LogP contribution in [0.2, 0.25) is 0 Å². The molecule has 1 heterocycles. The molecule has 2 rings (SSSR count). The van der Waals surface area contributed by atoms with Crippen molar-refractivity contribution in [3.8, 4) is 0 Å². The molecule has 0 aromatic heterocycles. The van der Waals surface area contributed by atoms with Crippen LogP contribution in [0.15, 0.2) is 0 Å². The fraction of sp³-hybridized carbons (Fsp3) is 0.938. The fourth-order valence-electron chi connectivity index (χ4n) is 3.80. The Kier molecular flexibility index (Phi) is 5.40. The van der Waals surface area contributed by atoms with Crippen molar-refractivity contribution in [1.29, 1.82) is 0 Å². The summed E-state index contributed by atoms with van der Waals surface area (Å²) in [5, 5.41) is 0. The van der Waals surface area contributed by atoms with Gasteiger partial charge in [-0.3, -0.25) is 9.69 Å². The lowest BCUT2D eigenvalue weighted by Gasteiger charge is -2.33. The van der Waals surface area contributed by atoms with Gasteiger partial charge in [0.2, 0.25) is 0 Å². The third-order valence-electron chi connectivity index (χ3n) is 4.98. The predicted octanol–water partition coefficient (Wildman–Crippen LogP) is 2.41. The Hall–Kier alpha value is -0.410. The van der Waals surface area contributed by atoms with Crippen LogP contribution in [0.1, 0.15) is 45.4 Å². The van der Waals surface area contributed by atoms with E-state index in [1.807, 2.05) is 0 Å². The van der Waals surface area contributed by atoms with Crippen molar-refractivity contribution in [3.05, 3.63) is 0 Å². The summed E-state index contributed by atoms with van der Waals surface area (Å²) in [6.45, 7) is 5.62.